The Morgan fingerprint density at radius 1 is 1.00 bits per heavy atom. The van der Waals surface area contributed by atoms with E-state index in [1.807, 2.05) is 54.6 Å². The summed E-state index contributed by atoms with van der Waals surface area (Å²) < 4.78 is 28.2. The fraction of sp³-hybridized carbons (Fsp3) is 0.174. The fourth-order valence-electron chi connectivity index (χ4n) is 4.66. The monoisotopic (exact) mass is 438 g/mol. The lowest BCUT2D eigenvalue weighted by molar-refractivity contribution is -0.117. The second-order valence-electron chi connectivity index (χ2n) is 7.53. The van der Waals surface area contributed by atoms with Crippen molar-refractivity contribution < 1.29 is 13.2 Å². The lowest BCUT2D eigenvalue weighted by atomic mass is 9.88. The summed E-state index contributed by atoms with van der Waals surface area (Å²) in [7, 11) is -3.70. The maximum atomic E-state index is 13.4. The lowest BCUT2D eigenvalue weighted by Crippen LogP contribution is -2.41. The number of rotatable bonds is 2. The zero-order valence-corrected chi connectivity index (χ0v) is 17.8. The minimum atomic E-state index is -3.70. The molecule has 3 aromatic rings. The SMILES string of the molecule is CC(=O)N(c1ccccc1)C1CC2c3cc(Cl)ccc3S(=O)(=O)N2c2ccccc21. The molecule has 0 aromatic heterocycles. The number of hydrogen-bond acceptors (Lipinski definition) is 3. The number of carbonyl (C=O) groups excluding carboxylic acids is 1. The molecule has 0 saturated carbocycles. The molecule has 2 aliphatic rings. The van der Waals surface area contributed by atoms with Crippen molar-refractivity contribution in [3.8, 4) is 0 Å². The Labute approximate surface area is 180 Å². The number of nitrogens with zero attached hydrogens (tertiary/aromatic N) is 2. The second-order valence-corrected chi connectivity index (χ2v) is 9.75. The summed E-state index contributed by atoms with van der Waals surface area (Å²) in [5.74, 6) is -0.0957. The zero-order chi connectivity index (χ0) is 21.0. The largest absolute Gasteiger partial charge is 0.305 e. The summed E-state index contributed by atoms with van der Waals surface area (Å²) in [6.45, 7) is 1.54. The van der Waals surface area contributed by atoms with E-state index in [2.05, 4.69) is 0 Å². The van der Waals surface area contributed by atoms with Crippen LogP contribution in [0.25, 0.3) is 0 Å². The van der Waals surface area contributed by atoms with Crippen LogP contribution in [-0.4, -0.2) is 14.3 Å². The Morgan fingerprint density at radius 2 is 1.70 bits per heavy atom. The van der Waals surface area contributed by atoms with Crippen molar-refractivity contribution in [3.63, 3.8) is 0 Å². The summed E-state index contributed by atoms with van der Waals surface area (Å²) >= 11 is 6.22. The number of fused-ring (bicyclic) bond motifs is 5. The van der Waals surface area contributed by atoms with Gasteiger partial charge in [-0.2, -0.15) is 0 Å². The number of halogens is 1. The van der Waals surface area contributed by atoms with E-state index in [9.17, 15) is 13.2 Å². The van der Waals surface area contributed by atoms with E-state index in [-0.39, 0.29) is 16.8 Å². The summed E-state index contributed by atoms with van der Waals surface area (Å²) in [6.07, 6.45) is 0.443. The van der Waals surface area contributed by atoms with Crippen molar-refractivity contribution in [2.24, 2.45) is 0 Å². The predicted octanol–water partition coefficient (Wildman–Crippen LogP) is 5.09. The molecule has 2 aliphatic heterocycles. The summed E-state index contributed by atoms with van der Waals surface area (Å²) in [4.78, 5) is 14.8. The van der Waals surface area contributed by atoms with Crippen LogP contribution in [0.3, 0.4) is 0 Å². The van der Waals surface area contributed by atoms with Crippen molar-refractivity contribution in [1.82, 2.24) is 0 Å². The molecule has 2 unspecified atom stereocenters. The highest BCUT2D eigenvalue weighted by molar-refractivity contribution is 7.93. The van der Waals surface area contributed by atoms with Gasteiger partial charge in [0.25, 0.3) is 10.0 Å². The van der Waals surface area contributed by atoms with Crippen LogP contribution in [0.2, 0.25) is 5.02 Å². The molecule has 5 rings (SSSR count). The Morgan fingerprint density at radius 3 is 2.43 bits per heavy atom. The van der Waals surface area contributed by atoms with Gasteiger partial charge in [0, 0.05) is 17.6 Å². The van der Waals surface area contributed by atoms with Crippen LogP contribution in [0.5, 0.6) is 0 Å². The first kappa shape index (κ1) is 19.2. The van der Waals surface area contributed by atoms with Crippen LogP contribution < -0.4 is 9.21 Å². The van der Waals surface area contributed by atoms with Crippen LogP contribution >= 0.6 is 11.6 Å². The summed E-state index contributed by atoms with van der Waals surface area (Å²) in [5.41, 5.74) is 2.88. The first-order valence-corrected chi connectivity index (χ1v) is 11.5. The molecule has 0 radical (unpaired) electrons. The number of amides is 1. The molecular weight excluding hydrogens is 420 g/mol. The van der Waals surface area contributed by atoms with Crippen molar-refractivity contribution in [3.05, 3.63) is 88.9 Å². The highest BCUT2D eigenvalue weighted by atomic mass is 35.5. The van der Waals surface area contributed by atoms with E-state index in [0.29, 0.717) is 22.7 Å². The van der Waals surface area contributed by atoms with Gasteiger partial charge in [-0.05, 0) is 53.9 Å². The number of hydrogen-bond donors (Lipinski definition) is 0. The topological polar surface area (TPSA) is 57.7 Å². The van der Waals surface area contributed by atoms with Crippen LogP contribution in [0.4, 0.5) is 11.4 Å². The molecule has 3 aromatic carbocycles. The molecule has 0 saturated heterocycles. The van der Waals surface area contributed by atoms with Crippen molar-refractivity contribution in [1.29, 1.82) is 0 Å². The number of benzene rings is 3. The van der Waals surface area contributed by atoms with Gasteiger partial charge in [0.05, 0.1) is 22.7 Å². The average molecular weight is 439 g/mol. The van der Waals surface area contributed by atoms with Crippen molar-refractivity contribution in [2.45, 2.75) is 30.3 Å². The van der Waals surface area contributed by atoms with Gasteiger partial charge in [-0.3, -0.25) is 9.10 Å². The van der Waals surface area contributed by atoms with Gasteiger partial charge < -0.3 is 4.90 Å². The Kier molecular flexibility index (Phi) is 4.38. The molecule has 30 heavy (non-hydrogen) atoms. The van der Waals surface area contributed by atoms with Gasteiger partial charge in [-0.1, -0.05) is 48.0 Å². The van der Waals surface area contributed by atoms with Gasteiger partial charge in [-0.25, -0.2) is 8.42 Å². The Hall–Kier alpha value is -2.83. The summed E-state index contributed by atoms with van der Waals surface area (Å²) in [5, 5.41) is 0.493. The van der Waals surface area contributed by atoms with Crippen LogP contribution in [0.1, 0.15) is 36.6 Å². The van der Waals surface area contributed by atoms with Crippen LogP contribution in [-0.2, 0) is 14.8 Å². The zero-order valence-electron chi connectivity index (χ0n) is 16.2. The van der Waals surface area contributed by atoms with Gasteiger partial charge >= 0.3 is 0 Å². The van der Waals surface area contributed by atoms with E-state index in [0.717, 1.165) is 11.3 Å². The third kappa shape index (κ3) is 2.75. The highest BCUT2D eigenvalue weighted by Crippen LogP contribution is 2.54. The molecule has 0 spiro atoms. The maximum Gasteiger partial charge on any atom is 0.265 e. The minimum absolute atomic E-state index is 0.0957. The molecule has 2 heterocycles. The van der Waals surface area contributed by atoms with Gasteiger partial charge in [0.2, 0.25) is 5.91 Å². The molecule has 1 amide bonds. The Balaban J connectivity index is 1.73. The number of anilines is 2. The number of sulfonamides is 1. The first-order valence-electron chi connectivity index (χ1n) is 9.67. The first-order chi connectivity index (χ1) is 14.4. The van der Waals surface area contributed by atoms with E-state index in [4.69, 9.17) is 11.6 Å². The van der Waals surface area contributed by atoms with E-state index in [1.54, 1.807) is 23.1 Å². The molecular formula is C23H19ClN2O3S. The smallest absolute Gasteiger partial charge is 0.265 e. The van der Waals surface area contributed by atoms with E-state index >= 15 is 0 Å². The third-order valence-electron chi connectivity index (χ3n) is 5.82. The molecule has 2 atom stereocenters. The molecule has 152 valence electrons. The Bertz CT molecular complexity index is 1260. The molecule has 5 nitrogen and oxygen atoms in total. The van der Waals surface area contributed by atoms with E-state index < -0.39 is 16.1 Å². The highest BCUT2D eigenvalue weighted by Gasteiger charge is 2.49. The van der Waals surface area contributed by atoms with E-state index in [1.165, 1.54) is 11.2 Å². The van der Waals surface area contributed by atoms with Crippen molar-refractivity contribution >= 4 is 38.9 Å². The standard InChI is InChI=1S/C23H19ClN2O3S/c1-15(27)25(17-7-3-2-4-8-17)21-14-22-19-13-16(24)11-12-23(19)30(28,29)26(22)20-10-6-5-9-18(20)21/h2-13,21-22H,14H2,1H3. The van der Waals surface area contributed by atoms with Gasteiger partial charge in [-0.15, -0.1) is 0 Å². The number of para-hydroxylation sites is 2. The maximum absolute atomic E-state index is 13.4. The minimum Gasteiger partial charge on any atom is -0.305 e. The predicted molar refractivity (Wildman–Crippen MR) is 117 cm³/mol. The molecule has 0 N–H and O–H groups in total. The van der Waals surface area contributed by atoms with Crippen LogP contribution in [0, 0.1) is 0 Å². The second kappa shape index (κ2) is 6.86. The summed E-state index contributed by atoms with van der Waals surface area (Å²) in [6, 6.07) is 21.1. The van der Waals surface area contributed by atoms with Crippen molar-refractivity contribution in [2.75, 3.05) is 9.21 Å². The molecule has 7 heteroatoms. The average Bonchev–Trinajstić information content (AvgIpc) is 2.95. The third-order valence-corrected chi connectivity index (χ3v) is 7.95. The van der Waals surface area contributed by atoms with Gasteiger partial charge in [0.1, 0.15) is 0 Å². The van der Waals surface area contributed by atoms with Gasteiger partial charge in [0.15, 0.2) is 0 Å². The normalized spacial score (nSPS) is 20.8. The fourth-order valence-corrected chi connectivity index (χ4v) is 6.74. The van der Waals surface area contributed by atoms with Crippen LogP contribution in [0.15, 0.2) is 77.7 Å². The lowest BCUT2D eigenvalue weighted by Gasteiger charge is -2.41. The molecule has 0 aliphatic carbocycles. The number of carbonyl (C=O) groups is 1. The molecule has 0 fully saturated rings. The quantitative estimate of drug-likeness (QED) is 0.560. The molecule has 0 bridgehead atoms.